The van der Waals surface area contributed by atoms with Crippen molar-refractivity contribution in [2.24, 2.45) is 0 Å². The van der Waals surface area contributed by atoms with E-state index in [0.29, 0.717) is 23.1 Å². The lowest BCUT2D eigenvalue weighted by Gasteiger charge is -2.14. The molecule has 0 unspecified atom stereocenters. The van der Waals surface area contributed by atoms with Gasteiger partial charge in [0.05, 0.1) is 0 Å². The summed E-state index contributed by atoms with van der Waals surface area (Å²) >= 11 is 0. The summed E-state index contributed by atoms with van der Waals surface area (Å²) in [4.78, 5) is 26.4. The monoisotopic (exact) mass is 392 g/mol. The number of carbonyl (C=O) groups is 2. The molecule has 0 heterocycles. The Kier molecular flexibility index (Phi) is 5.58. The lowest BCUT2D eigenvalue weighted by atomic mass is 9.88. The van der Waals surface area contributed by atoms with Crippen LogP contribution in [0.15, 0.2) is 96.1 Å². The third-order valence-corrected chi connectivity index (χ3v) is 5.61. The number of hydrogen-bond donors (Lipinski definition) is 0. The Hall–Kier alpha value is -3.52. The van der Waals surface area contributed by atoms with Gasteiger partial charge in [-0.15, -0.1) is 0 Å². The fourth-order valence-electron chi connectivity index (χ4n) is 4.18. The molecule has 0 radical (unpaired) electrons. The van der Waals surface area contributed by atoms with Gasteiger partial charge in [0.1, 0.15) is 0 Å². The first kappa shape index (κ1) is 19.8. The molecule has 0 aromatic heterocycles. The van der Waals surface area contributed by atoms with Crippen LogP contribution >= 0.6 is 0 Å². The van der Waals surface area contributed by atoms with E-state index in [-0.39, 0.29) is 11.6 Å². The molecule has 0 aliphatic heterocycles. The molecule has 1 aliphatic carbocycles. The average Bonchev–Trinajstić information content (AvgIpc) is 3.19. The van der Waals surface area contributed by atoms with Crippen molar-refractivity contribution in [2.45, 2.75) is 26.7 Å². The van der Waals surface area contributed by atoms with Crippen molar-refractivity contribution >= 4 is 22.7 Å². The molecule has 0 atom stereocenters. The summed E-state index contributed by atoms with van der Waals surface area (Å²) in [6.45, 7) is 3.59. The molecule has 0 N–H and O–H groups in total. The van der Waals surface area contributed by atoms with E-state index in [1.54, 1.807) is 6.92 Å². The molecule has 1 aliphatic rings. The number of carbonyl (C=O) groups excluding carboxylic acids is 2. The quantitative estimate of drug-likeness (QED) is 0.368. The summed E-state index contributed by atoms with van der Waals surface area (Å²) in [5.74, 6) is -0.0317. The molecular weight excluding hydrogens is 368 g/mol. The van der Waals surface area contributed by atoms with Crippen LogP contribution in [-0.4, -0.2) is 11.6 Å². The Morgan fingerprint density at radius 1 is 0.700 bits per heavy atom. The maximum absolute atomic E-state index is 13.7. The van der Waals surface area contributed by atoms with Gasteiger partial charge in [-0.05, 0) is 49.0 Å². The third-order valence-electron chi connectivity index (χ3n) is 5.61. The lowest BCUT2D eigenvalue weighted by molar-refractivity contribution is -0.111. The highest BCUT2D eigenvalue weighted by atomic mass is 16.1. The van der Waals surface area contributed by atoms with Crippen LogP contribution in [0.5, 0.6) is 0 Å². The summed E-state index contributed by atoms with van der Waals surface area (Å²) in [6.07, 6.45) is 1.43. The van der Waals surface area contributed by atoms with Gasteiger partial charge in [0.15, 0.2) is 11.6 Å². The largest absolute Gasteiger partial charge is 0.294 e. The summed E-state index contributed by atoms with van der Waals surface area (Å²) in [6, 6.07) is 27.4. The van der Waals surface area contributed by atoms with Crippen LogP contribution in [0.4, 0.5) is 0 Å². The second kappa shape index (κ2) is 8.46. The van der Waals surface area contributed by atoms with Crippen LogP contribution in [0, 0.1) is 6.92 Å². The molecule has 0 spiro atoms. The zero-order chi connectivity index (χ0) is 21.1. The Labute approximate surface area is 177 Å². The second-order valence-corrected chi connectivity index (χ2v) is 7.69. The van der Waals surface area contributed by atoms with E-state index in [2.05, 4.69) is 0 Å². The van der Waals surface area contributed by atoms with Gasteiger partial charge < -0.3 is 0 Å². The standard InChI is InChI=1S/C28H24O2/c1-19-13-15-23(16-14-19)28(30)27-24(21-9-5-3-6-10-21)17-18-25(27)26(20(2)29)22-11-7-4-8-12-22/h3-16H,17-18H2,1-2H3/b26-25+. The second-order valence-electron chi connectivity index (χ2n) is 7.69. The molecule has 0 saturated heterocycles. The minimum absolute atomic E-state index is 0.0142. The lowest BCUT2D eigenvalue weighted by Crippen LogP contribution is -2.09. The van der Waals surface area contributed by atoms with E-state index in [1.165, 1.54) is 0 Å². The van der Waals surface area contributed by atoms with E-state index in [9.17, 15) is 9.59 Å². The van der Waals surface area contributed by atoms with Crippen molar-refractivity contribution in [1.29, 1.82) is 0 Å². The van der Waals surface area contributed by atoms with Crippen LogP contribution in [0.2, 0.25) is 0 Å². The highest BCUT2D eigenvalue weighted by Crippen LogP contribution is 2.43. The van der Waals surface area contributed by atoms with Crippen molar-refractivity contribution in [1.82, 2.24) is 0 Å². The van der Waals surface area contributed by atoms with Gasteiger partial charge in [0.2, 0.25) is 0 Å². The fraction of sp³-hybridized carbons (Fsp3) is 0.143. The number of hydrogen-bond acceptors (Lipinski definition) is 2. The number of rotatable bonds is 5. The van der Waals surface area contributed by atoms with Gasteiger partial charge in [0, 0.05) is 16.7 Å². The van der Waals surface area contributed by atoms with Crippen molar-refractivity contribution in [3.8, 4) is 0 Å². The maximum Gasteiger partial charge on any atom is 0.193 e. The van der Waals surface area contributed by atoms with Crippen molar-refractivity contribution in [2.75, 3.05) is 0 Å². The van der Waals surface area contributed by atoms with Crippen LogP contribution in [0.3, 0.4) is 0 Å². The molecule has 2 nitrogen and oxygen atoms in total. The molecule has 4 rings (SSSR count). The predicted octanol–water partition coefficient (Wildman–Crippen LogP) is 6.47. The molecule has 2 heteroatoms. The molecule has 30 heavy (non-hydrogen) atoms. The highest BCUT2D eigenvalue weighted by molar-refractivity contribution is 6.26. The minimum Gasteiger partial charge on any atom is -0.294 e. The molecule has 3 aromatic carbocycles. The van der Waals surface area contributed by atoms with Crippen molar-refractivity contribution in [3.05, 3.63) is 118 Å². The Balaban J connectivity index is 1.97. The van der Waals surface area contributed by atoms with E-state index in [1.807, 2.05) is 91.9 Å². The zero-order valence-electron chi connectivity index (χ0n) is 17.3. The summed E-state index contributed by atoms with van der Waals surface area (Å²) in [7, 11) is 0. The number of aryl methyl sites for hydroxylation is 1. The molecule has 0 bridgehead atoms. The maximum atomic E-state index is 13.7. The predicted molar refractivity (Wildman–Crippen MR) is 122 cm³/mol. The van der Waals surface area contributed by atoms with Gasteiger partial charge in [0.25, 0.3) is 0 Å². The normalized spacial score (nSPS) is 15.3. The van der Waals surface area contributed by atoms with Gasteiger partial charge >= 0.3 is 0 Å². The first-order valence-corrected chi connectivity index (χ1v) is 10.3. The van der Waals surface area contributed by atoms with E-state index in [0.717, 1.165) is 34.3 Å². The van der Waals surface area contributed by atoms with E-state index < -0.39 is 0 Å². The van der Waals surface area contributed by atoms with Gasteiger partial charge in [-0.3, -0.25) is 9.59 Å². The number of allylic oxidation sites excluding steroid dienone is 4. The summed E-state index contributed by atoms with van der Waals surface area (Å²) in [5.41, 5.74) is 6.88. The van der Waals surface area contributed by atoms with Crippen LogP contribution in [0.1, 0.15) is 46.8 Å². The number of ketones is 2. The smallest absolute Gasteiger partial charge is 0.193 e. The van der Waals surface area contributed by atoms with Crippen molar-refractivity contribution < 1.29 is 9.59 Å². The summed E-state index contributed by atoms with van der Waals surface area (Å²) < 4.78 is 0. The van der Waals surface area contributed by atoms with E-state index in [4.69, 9.17) is 0 Å². The van der Waals surface area contributed by atoms with Crippen LogP contribution < -0.4 is 0 Å². The molecular formula is C28H24O2. The molecule has 0 fully saturated rings. The van der Waals surface area contributed by atoms with Gasteiger partial charge in [-0.2, -0.15) is 0 Å². The van der Waals surface area contributed by atoms with Crippen LogP contribution in [0.25, 0.3) is 11.1 Å². The SMILES string of the molecule is CC(=O)/C(=C1/CCC(c2ccccc2)=C1C(=O)c1ccc(C)cc1)c1ccccc1. The van der Waals surface area contributed by atoms with Crippen molar-refractivity contribution in [3.63, 3.8) is 0 Å². The number of Topliss-reactive ketones (excluding diaryl/α,β-unsaturated/α-hetero) is 2. The zero-order valence-corrected chi connectivity index (χ0v) is 17.3. The molecule has 0 amide bonds. The average molecular weight is 392 g/mol. The highest BCUT2D eigenvalue weighted by Gasteiger charge is 2.31. The Bertz CT molecular complexity index is 1150. The van der Waals surface area contributed by atoms with Gasteiger partial charge in [-0.1, -0.05) is 90.5 Å². The molecule has 3 aromatic rings. The van der Waals surface area contributed by atoms with Crippen LogP contribution in [-0.2, 0) is 4.79 Å². The molecule has 148 valence electrons. The first-order chi connectivity index (χ1) is 14.6. The fourth-order valence-corrected chi connectivity index (χ4v) is 4.18. The minimum atomic E-state index is -0.0176. The van der Waals surface area contributed by atoms with Gasteiger partial charge in [-0.25, -0.2) is 0 Å². The third kappa shape index (κ3) is 3.81. The first-order valence-electron chi connectivity index (χ1n) is 10.3. The Morgan fingerprint density at radius 3 is 1.90 bits per heavy atom. The Morgan fingerprint density at radius 2 is 1.30 bits per heavy atom. The summed E-state index contributed by atoms with van der Waals surface area (Å²) in [5, 5.41) is 0. The number of benzene rings is 3. The molecule has 0 saturated carbocycles. The topological polar surface area (TPSA) is 34.1 Å². The van der Waals surface area contributed by atoms with E-state index >= 15 is 0 Å².